The molecular formula is C14H11N3O2. The van der Waals surface area contributed by atoms with Crippen LogP contribution in [0.3, 0.4) is 0 Å². The fraction of sp³-hybridized carbons (Fsp3) is 0.0714. The highest BCUT2D eigenvalue weighted by Gasteiger charge is 2.07. The molecule has 5 heteroatoms. The molecule has 0 unspecified atom stereocenters. The van der Waals surface area contributed by atoms with Crippen LogP contribution in [0.5, 0.6) is 5.88 Å². The van der Waals surface area contributed by atoms with Crippen LogP contribution in [0.15, 0.2) is 36.7 Å². The van der Waals surface area contributed by atoms with Crippen molar-refractivity contribution in [2.24, 2.45) is 0 Å². The lowest BCUT2D eigenvalue weighted by Crippen LogP contribution is -1.92. The zero-order valence-electron chi connectivity index (χ0n) is 10.3. The van der Waals surface area contributed by atoms with Gasteiger partial charge in [-0.1, -0.05) is 0 Å². The third kappa shape index (κ3) is 1.95. The summed E-state index contributed by atoms with van der Waals surface area (Å²) in [4.78, 5) is 22.5. The molecule has 1 aromatic carbocycles. The average Bonchev–Trinajstić information content (AvgIpc) is 2.89. The van der Waals surface area contributed by atoms with Crippen LogP contribution in [-0.4, -0.2) is 28.3 Å². The molecule has 3 aromatic rings. The van der Waals surface area contributed by atoms with Gasteiger partial charge in [0.1, 0.15) is 0 Å². The van der Waals surface area contributed by atoms with Gasteiger partial charge in [-0.2, -0.15) is 4.98 Å². The Morgan fingerprint density at radius 2 is 2.21 bits per heavy atom. The van der Waals surface area contributed by atoms with Crippen LogP contribution >= 0.6 is 0 Å². The molecule has 94 valence electrons. The van der Waals surface area contributed by atoms with Gasteiger partial charge in [-0.05, 0) is 18.2 Å². The van der Waals surface area contributed by atoms with Gasteiger partial charge in [-0.3, -0.25) is 4.79 Å². The molecule has 0 bridgehead atoms. The van der Waals surface area contributed by atoms with Gasteiger partial charge in [0, 0.05) is 40.5 Å². The minimum Gasteiger partial charge on any atom is -0.481 e. The summed E-state index contributed by atoms with van der Waals surface area (Å²) in [6.07, 6.45) is 4.16. The van der Waals surface area contributed by atoms with Gasteiger partial charge < -0.3 is 9.72 Å². The van der Waals surface area contributed by atoms with E-state index < -0.39 is 0 Å². The molecule has 3 rings (SSSR count). The molecule has 0 aliphatic rings. The second-order valence-electron chi connectivity index (χ2n) is 4.04. The van der Waals surface area contributed by atoms with Crippen LogP contribution in [0, 0.1) is 0 Å². The third-order valence-electron chi connectivity index (χ3n) is 2.94. The van der Waals surface area contributed by atoms with E-state index in [0.29, 0.717) is 17.3 Å². The molecule has 5 nitrogen and oxygen atoms in total. The number of rotatable bonds is 3. The number of methoxy groups -OCH3 is 1. The van der Waals surface area contributed by atoms with Crippen LogP contribution < -0.4 is 4.74 Å². The maximum absolute atomic E-state index is 11.0. The van der Waals surface area contributed by atoms with Gasteiger partial charge in [0.05, 0.1) is 7.11 Å². The Morgan fingerprint density at radius 3 is 3.00 bits per heavy atom. The Kier molecular flexibility index (Phi) is 2.72. The smallest absolute Gasteiger partial charge is 0.216 e. The molecular weight excluding hydrogens is 242 g/mol. The molecule has 2 aromatic heterocycles. The molecule has 0 aliphatic heterocycles. The van der Waals surface area contributed by atoms with E-state index in [0.717, 1.165) is 22.8 Å². The lowest BCUT2D eigenvalue weighted by Gasteiger charge is -2.03. The fourth-order valence-corrected chi connectivity index (χ4v) is 1.97. The Morgan fingerprint density at radius 1 is 1.32 bits per heavy atom. The standard InChI is InChI=1S/C14H11N3O2/c1-19-13-4-5-15-14(17-13)9-2-3-12-11(6-9)10(8-18)7-16-12/h2-8,16H,1H3. The summed E-state index contributed by atoms with van der Waals surface area (Å²) in [5.74, 6) is 1.08. The number of H-pyrrole nitrogens is 1. The Labute approximate surface area is 109 Å². The normalized spacial score (nSPS) is 10.6. The summed E-state index contributed by atoms with van der Waals surface area (Å²) in [6, 6.07) is 7.39. The minimum atomic E-state index is 0.509. The van der Waals surface area contributed by atoms with Gasteiger partial charge in [-0.15, -0.1) is 0 Å². The topological polar surface area (TPSA) is 67.9 Å². The Bertz CT molecular complexity index is 749. The number of nitrogens with zero attached hydrogens (tertiary/aromatic N) is 2. The van der Waals surface area contributed by atoms with Crippen molar-refractivity contribution in [1.82, 2.24) is 15.0 Å². The van der Waals surface area contributed by atoms with E-state index in [1.54, 1.807) is 25.6 Å². The number of carbonyl (C=O) groups is 1. The number of aromatic nitrogens is 3. The zero-order valence-corrected chi connectivity index (χ0v) is 10.3. The maximum Gasteiger partial charge on any atom is 0.216 e. The van der Waals surface area contributed by atoms with E-state index in [1.807, 2.05) is 18.2 Å². The van der Waals surface area contributed by atoms with E-state index in [-0.39, 0.29) is 0 Å². The zero-order chi connectivity index (χ0) is 13.2. The minimum absolute atomic E-state index is 0.509. The molecule has 0 spiro atoms. The number of carbonyl (C=O) groups excluding carboxylic acids is 1. The SMILES string of the molecule is COc1ccnc(-c2ccc3[nH]cc(C=O)c3c2)n1. The molecule has 0 atom stereocenters. The molecule has 2 heterocycles. The average molecular weight is 253 g/mol. The van der Waals surface area contributed by atoms with Crippen LogP contribution in [0.4, 0.5) is 0 Å². The summed E-state index contributed by atoms with van der Waals surface area (Å²) < 4.78 is 5.08. The highest BCUT2D eigenvalue weighted by molar-refractivity contribution is 5.98. The predicted octanol–water partition coefficient (Wildman–Crippen LogP) is 2.45. The first-order valence-corrected chi connectivity index (χ1v) is 5.75. The van der Waals surface area contributed by atoms with Crippen molar-refractivity contribution in [3.8, 4) is 17.3 Å². The van der Waals surface area contributed by atoms with Gasteiger partial charge in [0.2, 0.25) is 5.88 Å². The van der Waals surface area contributed by atoms with Gasteiger partial charge >= 0.3 is 0 Å². The lowest BCUT2D eigenvalue weighted by atomic mass is 10.1. The largest absolute Gasteiger partial charge is 0.481 e. The molecule has 1 N–H and O–H groups in total. The Balaban J connectivity index is 2.16. The molecule has 0 aliphatic carbocycles. The van der Waals surface area contributed by atoms with Crippen molar-refractivity contribution < 1.29 is 9.53 Å². The molecule has 0 saturated heterocycles. The van der Waals surface area contributed by atoms with Crippen molar-refractivity contribution in [3.05, 3.63) is 42.2 Å². The monoisotopic (exact) mass is 253 g/mol. The van der Waals surface area contributed by atoms with E-state index in [4.69, 9.17) is 4.74 Å². The summed E-state index contributed by atoms with van der Waals surface area (Å²) in [5.41, 5.74) is 2.38. The van der Waals surface area contributed by atoms with Crippen molar-refractivity contribution in [1.29, 1.82) is 0 Å². The quantitative estimate of drug-likeness (QED) is 0.728. The number of hydrogen-bond donors (Lipinski definition) is 1. The summed E-state index contributed by atoms with van der Waals surface area (Å²) in [6.45, 7) is 0. The van der Waals surface area contributed by atoms with Crippen molar-refractivity contribution in [3.63, 3.8) is 0 Å². The van der Waals surface area contributed by atoms with E-state index in [2.05, 4.69) is 15.0 Å². The lowest BCUT2D eigenvalue weighted by molar-refractivity contribution is 0.112. The molecule has 19 heavy (non-hydrogen) atoms. The predicted molar refractivity (Wildman–Crippen MR) is 71.3 cm³/mol. The van der Waals surface area contributed by atoms with Crippen molar-refractivity contribution >= 4 is 17.2 Å². The number of ether oxygens (including phenoxy) is 1. The number of benzene rings is 1. The summed E-state index contributed by atoms with van der Waals surface area (Å²) in [7, 11) is 1.56. The molecule has 0 fully saturated rings. The highest BCUT2D eigenvalue weighted by atomic mass is 16.5. The van der Waals surface area contributed by atoms with Crippen LogP contribution in [0.1, 0.15) is 10.4 Å². The molecule has 0 saturated carbocycles. The number of nitrogens with one attached hydrogen (secondary N) is 1. The fourth-order valence-electron chi connectivity index (χ4n) is 1.97. The first kappa shape index (κ1) is 11.4. The number of fused-ring (bicyclic) bond motifs is 1. The van der Waals surface area contributed by atoms with Crippen LogP contribution in [-0.2, 0) is 0 Å². The molecule has 0 radical (unpaired) electrons. The van der Waals surface area contributed by atoms with Crippen molar-refractivity contribution in [2.45, 2.75) is 0 Å². The van der Waals surface area contributed by atoms with E-state index >= 15 is 0 Å². The van der Waals surface area contributed by atoms with Gasteiger partial charge in [-0.25, -0.2) is 4.98 Å². The van der Waals surface area contributed by atoms with Crippen LogP contribution in [0.2, 0.25) is 0 Å². The number of hydrogen-bond acceptors (Lipinski definition) is 4. The van der Waals surface area contributed by atoms with Gasteiger partial charge in [0.15, 0.2) is 12.1 Å². The second-order valence-corrected chi connectivity index (χ2v) is 4.04. The van der Waals surface area contributed by atoms with Crippen molar-refractivity contribution in [2.75, 3.05) is 7.11 Å². The number of aldehydes is 1. The van der Waals surface area contributed by atoms with Gasteiger partial charge in [0.25, 0.3) is 0 Å². The first-order chi connectivity index (χ1) is 9.31. The first-order valence-electron chi connectivity index (χ1n) is 5.75. The summed E-state index contributed by atoms with van der Waals surface area (Å²) >= 11 is 0. The van der Waals surface area contributed by atoms with E-state index in [1.165, 1.54) is 0 Å². The van der Waals surface area contributed by atoms with Crippen LogP contribution in [0.25, 0.3) is 22.3 Å². The second kappa shape index (κ2) is 4.53. The van der Waals surface area contributed by atoms with E-state index in [9.17, 15) is 4.79 Å². The maximum atomic E-state index is 11.0. The highest BCUT2D eigenvalue weighted by Crippen LogP contribution is 2.24. The Hall–Kier alpha value is -2.69. The molecule has 0 amide bonds. The third-order valence-corrected chi connectivity index (χ3v) is 2.94. The summed E-state index contributed by atoms with van der Waals surface area (Å²) in [5, 5.41) is 0.860. The number of aromatic amines is 1.